The van der Waals surface area contributed by atoms with E-state index in [4.69, 9.17) is 0 Å². The largest absolute Gasteiger partial charge is 0.416 e. The second-order valence-electron chi connectivity index (χ2n) is 5.12. The van der Waals surface area contributed by atoms with Crippen molar-refractivity contribution in [3.8, 4) is 0 Å². The van der Waals surface area contributed by atoms with Gasteiger partial charge >= 0.3 is 6.18 Å². The summed E-state index contributed by atoms with van der Waals surface area (Å²) >= 11 is 0. The van der Waals surface area contributed by atoms with Crippen LogP contribution in [0.15, 0.2) is 30.3 Å². The van der Waals surface area contributed by atoms with Crippen molar-refractivity contribution in [1.82, 2.24) is 5.32 Å². The standard InChI is InChI=1S/C14H18F3N/c1-13(2,3)18-10-6-8-11-7-4-5-9-12(11)14(15,16)17/h4-9,18H,10H2,1-3H3. The molecule has 1 N–H and O–H groups in total. The van der Waals surface area contributed by atoms with Crippen LogP contribution in [0.1, 0.15) is 31.9 Å². The van der Waals surface area contributed by atoms with E-state index in [0.717, 1.165) is 6.07 Å². The van der Waals surface area contributed by atoms with E-state index in [-0.39, 0.29) is 11.1 Å². The summed E-state index contributed by atoms with van der Waals surface area (Å²) in [6.07, 6.45) is -1.10. The maximum atomic E-state index is 12.7. The third-order valence-corrected chi connectivity index (χ3v) is 2.31. The summed E-state index contributed by atoms with van der Waals surface area (Å²) in [5, 5.41) is 3.18. The van der Waals surface area contributed by atoms with Crippen LogP contribution in [0.2, 0.25) is 0 Å². The van der Waals surface area contributed by atoms with E-state index < -0.39 is 11.7 Å². The van der Waals surface area contributed by atoms with Gasteiger partial charge in [0.05, 0.1) is 5.56 Å². The molecule has 0 bridgehead atoms. The normalized spacial score (nSPS) is 13.2. The van der Waals surface area contributed by atoms with E-state index in [1.54, 1.807) is 12.1 Å². The average Bonchev–Trinajstić information content (AvgIpc) is 2.22. The molecule has 1 aromatic rings. The zero-order chi connectivity index (χ0) is 13.8. The first-order valence-electron chi connectivity index (χ1n) is 5.78. The SMILES string of the molecule is CC(C)(C)NCC=Cc1ccccc1C(F)(F)F. The van der Waals surface area contributed by atoms with Crippen molar-refractivity contribution >= 4 is 6.08 Å². The van der Waals surface area contributed by atoms with Gasteiger partial charge in [0, 0.05) is 12.1 Å². The van der Waals surface area contributed by atoms with Crippen molar-refractivity contribution < 1.29 is 13.2 Å². The van der Waals surface area contributed by atoms with E-state index in [2.05, 4.69) is 5.32 Å². The fourth-order valence-electron chi connectivity index (χ4n) is 1.45. The molecule has 0 aliphatic heterocycles. The van der Waals surface area contributed by atoms with Gasteiger partial charge in [-0.3, -0.25) is 0 Å². The number of benzene rings is 1. The Kier molecular flexibility index (Phi) is 4.57. The Hall–Kier alpha value is -1.29. The molecule has 4 heteroatoms. The first-order valence-corrected chi connectivity index (χ1v) is 5.78. The molecule has 1 aromatic carbocycles. The zero-order valence-electron chi connectivity index (χ0n) is 10.8. The van der Waals surface area contributed by atoms with Crippen molar-refractivity contribution in [3.63, 3.8) is 0 Å². The number of hydrogen-bond acceptors (Lipinski definition) is 1. The van der Waals surface area contributed by atoms with Crippen molar-refractivity contribution in [3.05, 3.63) is 41.5 Å². The van der Waals surface area contributed by atoms with Gasteiger partial charge < -0.3 is 5.32 Å². The van der Waals surface area contributed by atoms with Gasteiger partial charge in [-0.25, -0.2) is 0 Å². The summed E-state index contributed by atoms with van der Waals surface area (Å²) in [5.74, 6) is 0. The monoisotopic (exact) mass is 257 g/mol. The lowest BCUT2D eigenvalue weighted by molar-refractivity contribution is -0.137. The molecular formula is C14H18F3N. The van der Waals surface area contributed by atoms with Crippen LogP contribution < -0.4 is 5.32 Å². The lowest BCUT2D eigenvalue weighted by atomic mass is 10.1. The van der Waals surface area contributed by atoms with Crippen LogP contribution in [0.4, 0.5) is 13.2 Å². The van der Waals surface area contributed by atoms with Crippen molar-refractivity contribution in [1.29, 1.82) is 0 Å². The van der Waals surface area contributed by atoms with E-state index in [1.165, 1.54) is 18.2 Å². The van der Waals surface area contributed by atoms with Crippen LogP contribution in [-0.2, 0) is 6.18 Å². The number of nitrogens with one attached hydrogen (secondary N) is 1. The first kappa shape index (κ1) is 14.8. The molecule has 0 aromatic heterocycles. The summed E-state index contributed by atoms with van der Waals surface area (Å²) in [5.41, 5.74) is -0.453. The fraction of sp³-hybridized carbons (Fsp3) is 0.429. The number of hydrogen-bond donors (Lipinski definition) is 1. The van der Waals surface area contributed by atoms with Gasteiger partial charge in [0.25, 0.3) is 0 Å². The Labute approximate surface area is 106 Å². The molecule has 0 aliphatic rings. The highest BCUT2D eigenvalue weighted by molar-refractivity contribution is 5.54. The molecule has 0 aliphatic carbocycles. The minimum Gasteiger partial charge on any atom is -0.309 e. The molecule has 100 valence electrons. The minimum absolute atomic E-state index is 0.0477. The van der Waals surface area contributed by atoms with Gasteiger partial charge in [0.15, 0.2) is 0 Å². The Bertz CT molecular complexity index is 414. The molecule has 0 heterocycles. The summed E-state index contributed by atoms with van der Waals surface area (Å²) in [7, 11) is 0. The molecular weight excluding hydrogens is 239 g/mol. The maximum Gasteiger partial charge on any atom is 0.416 e. The van der Waals surface area contributed by atoms with Crippen LogP contribution in [0.5, 0.6) is 0 Å². The molecule has 18 heavy (non-hydrogen) atoms. The second kappa shape index (κ2) is 5.57. The molecule has 1 rings (SSSR count). The van der Waals surface area contributed by atoms with Crippen LogP contribution in [0, 0.1) is 0 Å². The van der Waals surface area contributed by atoms with Crippen LogP contribution in [-0.4, -0.2) is 12.1 Å². The quantitative estimate of drug-likeness (QED) is 0.859. The topological polar surface area (TPSA) is 12.0 Å². The van der Waals surface area contributed by atoms with Crippen molar-refractivity contribution in [2.75, 3.05) is 6.54 Å². The predicted molar refractivity (Wildman–Crippen MR) is 68.2 cm³/mol. The van der Waals surface area contributed by atoms with Crippen LogP contribution in [0.3, 0.4) is 0 Å². The number of alkyl halides is 3. The lowest BCUT2D eigenvalue weighted by Crippen LogP contribution is -2.35. The molecule has 0 unspecified atom stereocenters. The highest BCUT2D eigenvalue weighted by Crippen LogP contribution is 2.32. The van der Waals surface area contributed by atoms with Crippen LogP contribution in [0.25, 0.3) is 6.08 Å². The number of rotatable bonds is 3. The zero-order valence-corrected chi connectivity index (χ0v) is 10.8. The second-order valence-corrected chi connectivity index (χ2v) is 5.12. The summed E-state index contributed by atoms with van der Waals surface area (Å²) < 4.78 is 38.1. The van der Waals surface area contributed by atoms with Crippen LogP contribution >= 0.6 is 0 Å². The summed E-state index contributed by atoms with van der Waals surface area (Å²) in [6.45, 7) is 6.55. The van der Waals surface area contributed by atoms with Gasteiger partial charge in [-0.15, -0.1) is 0 Å². The van der Waals surface area contributed by atoms with E-state index in [9.17, 15) is 13.2 Å². The van der Waals surface area contributed by atoms with E-state index in [0.29, 0.717) is 6.54 Å². The van der Waals surface area contributed by atoms with Crippen molar-refractivity contribution in [2.24, 2.45) is 0 Å². The smallest absolute Gasteiger partial charge is 0.309 e. The molecule has 0 saturated heterocycles. The summed E-state index contributed by atoms with van der Waals surface area (Å²) in [6, 6.07) is 5.56. The highest BCUT2D eigenvalue weighted by Gasteiger charge is 2.32. The minimum atomic E-state index is -4.31. The van der Waals surface area contributed by atoms with Gasteiger partial charge in [-0.1, -0.05) is 30.4 Å². The molecule has 0 amide bonds. The Morgan fingerprint density at radius 3 is 2.28 bits per heavy atom. The summed E-state index contributed by atoms with van der Waals surface area (Å²) in [4.78, 5) is 0. The molecule has 0 atom stereocenters. The molecule has 1 nitrogen and oxygen atoms in total. The Balaban J connectivity index is 2.76. The maximum absolute atomic E-state index is 12.7. The molecule has 0 saturated carbocycles. The Morgan fingerprint density at radius 1 is 1.11 bits per heavy atom. The van der Waals surface area contributed by atoms with E-state index in [1.807, 2.05) is 20.8 Å². The third-order valence-electron chi connectivity index (χ3n) is 2.31. The highest BCUT2D eigenvalue weighted by atomic mass is 19.4. The van der Waals surface area contributed by atoms with Gasteiger partial charge in [-0.05, 0) is 32.4 Å². The Morgan fingerprint density at radius 2 is 1.72 bits per heavy atom. The third kappa shape index (κ3) is 4.92. The molecule has 0 spiro atoms. The van der Waals surface area contributed by atoms with Gasteiger partial charge in [0.1, 0.15) is 0 Å². The van der Waals surface area contributed by atoms with E-state index >= 15 is 0 Å². The predicted octanol–water partition coefficient (Wildman–Crippen LogP) is 4.11. The lowest BCUT2D eigenvalue weighted by Gasteiger charge is -2.19. The molecule has 0 radical (unpaired) electrons. The average molecular weight is 257 g/mol. The first-order chi connectivity index (χ1) is 8.20. The van der Waals surface area contributed by atoms with Gasteiger partial charge in [-0.2, -0.15) is 13.2 Å². The fourth-order valence-corrected chi connectivity index (χ4v) is 1.45. The molecule has 0 fully saturated rings. The van der Waals surface area contributed by atoms with Gasteiger partial charge in [0.2, 0.25) is 0 Å². The van der Waals surface area contributed by atoms with Crippen molar-refractivity contribution in [2.45, 2.75) is 32.5 Å². The number of halogens is 3.